The molecule has 19 heavy (non-hydrogen) atoms. The molecule has 0 unspecified atom stereocenters. The largest absolute Gasteiger partial charge is 0.467 e. The van der Waals surface area contributed by atoms with Crippen LogP contribution in [0, 0.1) is 0 Å². The van der Waals surface area contributed by atoms with Gasteiger partial charge in [0.05, 0.1) is 12.8 Å². The van der Waals surface area contributed by atoms with Crippen LogP contribution in [0.25, 0.3) is 0 Å². The third-order valence-electron chi connectivity index (χ3n) is 2.91. The second-order valence-corrected chi connectivity index (χ2v) is 4.47. The van der Waals surface area contributed by atoms with E-state index in [1.165, 1.54) is 6.42 Å². The second-order valence-electron chi connectivity index (χ2n) is 4.47. The topological polar surface area (TPSA) is 54.2 Å². The Labute approximate surface area is 113 Å². The molecule has 0 amide bonds. The molecule has 0 atom stereocenters. The summed E-state index contributed by atoms with van der Waals surface area (Å²) in [5, 5.41) is 3.23. The lowest BCUT2D eigenvalue weighted by Crippen LogP contribution is -2.19. The Morgan fingerprint density at radius 2 is 2.26 bits per heavy atom. The molecule has 0 radical (unpaired) electrons. The van der Waals surface area contributed by atoms with Crippen molar-refractivity contribution in [3.05, 3.63) is 36.5 Å². The Kier molecular flexibility index (Phi) is 4.78. The molecule has 2 aromatic rings. The first-order chi connectivity index (χ1) is 9.29. The lowest BCUT2D eigenvalue weighted by atomic mass is 10.3. The van der Waals surface area contributed by atoms with E-state index in [2.05, 4.69) is 27.1 Å². The molecule has 0 aliphatic carbocycles. The number of hydrogen-bond donors (Lipinski definition) is 1. The molecule has 1 N–H and O–H groups in total. The Balaban J connectivity index is 1.94. The molecule has 2 aromatic heterocycles. The van der Waals surface area contributed by atoms with Crippen LogP contribution >= 0.6 is 0 Å². The minimum atomic E-state index is 0.627. The van der Waals surface area contributed by atoms with Gasteiger partial charge in [0.1, 0.15) is 23.7 Å². The summed E-state index contributed by atoms with van der Waals surface area (Å²) in [6, 6.07) is 5.77. The van der Waals surface area contributed by atoms with Crippen LogP contribution < -0.4 is 10.2 Å². The Morgan fingerprint density at radius 1 is 1.37 bits per heavy atom. The van der Waals surface area contributed by atoms with E-state index in [-0.39, 0.29) is 0 Å². The van der Waals surface area contributed by atoms with E-state index in [0.29, 0.717) is 6.54 Å². The van der Waals surface area contributed by atoms with Crippen LogP contribution in [-0.2, 0) is 6.54 Å². The maximum Gasteiger partial charge on any atom is 0.133 e. The first-order valence-corrected chi connectivity index (χ1v) is 6.59. The molecule has 0 aromatic carbocycles. The van der Waals surface area contributed by atoms with Crippen LogP contribution in [0.5, 0.6) is 0 Å². The van der Waals surface area contributed by atoms with Gasteiger partial charge < -0.3 is 14.6 Å². The zero-order valence-corrected chi connectivity index (χ0v) is 11.5. The molecule has 0 aliphatic heterocycles. The zero-order valence-electron chi connectivity index (χ0n) is 11.5. The van der Waals surface area contributed by atoms with E-state index >= 15 is 0 Å². The fourth-order valence-electron chi connectivity index (χ4n) is 1.75. The number of aromatic nitrogens is 2. The Hall–Kier alpha value is -2.04. The summed E-state index contributed by atoms with van der Waals surface area (Å²) in [7, 11) is 2.05. The van der Waals surface area contributed by atoms with Crippen LogP contribution in [0.1, 0.15) is 25.5 Å². The quantitative estimate of drug-likeness (QED) is 0.829. The Morgan fingerprint density at radius 3 is 3.00 bits per heavy atom. The first-order valence-electron chi connectivity index (χ1n) is 6.59. The molecule has 0 saturated carbocycles. The predicted molar refractivity (Wildman–Crippen MR) is 76.2 cm³/mol. The Bertz CT molecular complexity index is 484. The molecule has 0 spiro atoms. The van der Waals surface area contributed by atoms with Crippen LogP contribution in [-0.4, -0.2) is 23.6 Å². The molecule has 0 fully saturated rings. The minimum absolute atomic E-state index is 0.627. The van der Waals surface area contributed by atoms with Gasteiger partial charge >= 0.3 is 0 Å². The highest BCUT2D eigenvalue weighted by atomic mass is 16.3. The summed E-state index contributed by atoms with van der Waals surface area (Å²) in [5.74, 6) is 2.63. The van der Waals surface area contributed by atoms with E-state index in [4.69, 9.17) is 4.42 Å². The van der Waals surface area contributed by atoms with E-state index < -0.39 is 0 Å². The summed E-state index contributed by atoms with van der Waals surface area (Å²) in [4.78, 5) is 10.6. The molecule has 5 heteroatoms. The predicted octanol–water partition coefficient (Wildman–Crippen LogP) is 2.92. The van der Waals surface area contributed by atoms with E-state index in [1.54, 1.807) is 12.6 Å². The highest BCUT2D eigenvalue weighted by Crippen LogP contribution is 2.14. The van der Waals surface area contributed by atoms with Crippen LogP contribution in [0.4, 0.5) is 11.6 Å². The van der Waals surface area contributed by atoms with Gasteiger partial charge in [-0.3, -0.25) is 0 Å². The van der Waals surface area contributed by atoms with Gasteiger partial charge in [0, 0.05) is 19.7 Å². The maximum atomic E-state index is 5.27. The van der Waals surface area contributed by atoms with Gasteiger partial charge in [-0.15, -0.1) is 0 Å². The molecule has 2 rings (SSSR count). The zero-order chi connectivity index (χ0) is 13.5. The van der Waals surface area contributed by atoms with Crippen molar-refractivity contribution in [1.82, 2.24) is 9.97 Å². The van der Waals surface area contributed by atoms with Gasteiger partial charge in [-0.2, -0.15) is 0 Å². The maximum absolute atomic E-state index is 5.27. The van der Waals surface area contributed by atoms with Crippen molar-refractivity contribution in [1.29, 1.82) is 0 Å². The standard InChI is InChI=1S/C14H20N4O/c1-3-4-7-18(2)14-9-13(16-11-17-14)15-10-12-6-5-8-19-12/h5-6,8-9,11H,3-4,7,10H2,1-2H3,(H,15,16,17). The van der Waals surface area contributed by atoms with Crippen molar-refractivity contribution >= 4 is 11.6 Å². The minimum Gasteiger partial charge on any atom is -0.467 e. The third-order valence-corrected chi connectivity index (χ3v) is 2.91. The van der Waals surface area contributed by atoms with Crippen LogP contribution in [0.15, 0.2) is 35.2 Å². The third kappa shape index (κ3) is 3.98. The van der Waals surface area contributed by atoms with Gasteiger partial charge in [0.2, 0.25) is 0 Å². The van der Waals surface area contributed by atoms with Crippen molar-refractivity contribution in [2.24, 2.45) is 0 Å². The summed E-state index contributed by atoms with van der Waals surface area (Å²) in [6.07, 6.45) is 5.60. The van der Waals surface area contributed by atoms with Crippen molar-refractivity contribution in [2.75, 3.05) is 23.8 Å². The molecule has 0 aliphatic rings. The van der Waals surface area contributed by atoms with Crippen molar-refractivity contribution in [3.63, 3.8) is 0 Å². The van der Waals surface area contributed by atoms with Crippen molar-refractivity contribution < 1.29 is 4.42 Å². The van der Waals surface area contributed by atoms with E-state index in [9.17, 15) is 0 Å². The average Bonchev–Trinajstić information content (AvgIpc) is 2.96. The number of rotatable bonds is 7. The van der Waals surface area contributed by atoms with Crippen molar-refractivity contribution in [2.45, 2.75) is 26.3 Å². The lowest BCUT2D eigenvalue weighted by Gasteiger charge is -2.18. The summed E-state index contributed by atoms with van der Waals surface area (Å²) in [6.45, 7) is 3.82. The number of hydrogen-bond acceptors (Lipinski definition) is 5. The van der Waals surface area contributed by atoms with Gasteiger partial charge in [-0.05, 0) is 18.6 Å². The molecule has 0 bridgehead atoms. The summed E-state index contributed by atoms with van der Waals surface area (Å²) < 4.78 is 5.27. The molecular weight excluding hydrogens is 240 g/mol. The number of anilines is 2. The lowest BCUT2D eigenvalue weighted by molar-refractivity contribution is 0.518. The van der Waals surface area contributed by atoms with Crippen LogP contribution in [0.2, 0.25) is 0 Å². The highest BCUT2D eigenvalue weighted by Gasteiger charge is 2.04. The SMILES string of the molecule is CCCCN(C)c1cc(NCc2ccco2)ncn1. The van der Waals surface area contributed by atoms with Gasteiger partial charge in [-0.25, -0.2) is 9.97 Å². The monoisotopic (exact) mass is 260 g/mol. The fourth-order valence-corrected chi connectivity index (χ4v) is 1.75. The molecule has 0 saturated heterocycles. The molecule has 5 nitrogen and oxygen atoms in total. The normalized spacial score (nSPS) is 10.4. The average molecular weight is 260 g/mol. The van der Waals surface area contributed by atoms with E-state index in [1.807, 2.05) is 25.2 Å². The summed E-state index contributed by atoms with van der Waals surface area (Å²) in [5.41, 5.74) is 0. The highest BCUT2D eigenvalue weighted by molar-refractivity contribution is 5.47. The number of nitrogens with zero attached hydrogens (tertiary/aromatic N) is 3. The van der Waals surface area contributed by atoms with Gasteiger partial charge in [0.15, 0.2) is 0 Å². The summed E-state index contributed by atoms with van der Waals surface area (Å²) >= 11 is 0. The van der Waals surface area contributed by atoms with Crippen LogP contribution in [0.3, 0.4) is 0 Å². The molecular formula is C14H20N4O. The number of furan rings is 1. The van der Waals surface area contributed by atoms with Crippen molar-refractivity contribution in [3.8, 4) is 0 Å². The van der Waals surface area contributed by atoms with Gasteiger partial charge in [0.25, 0.3) is 0 Å². The van der Waals surface area contributed by atoms with E-state index in [0.717, 1.165) is 30.4 Å². The van der Waals surface area contributed by atoms with Gasteiger partial charge in [-0.1, -0.05) is 13.3 Å². The number of unbranched alkanes of at least 4 members (excludes halogenated alkanes) is 1. The smallest absolute Gasteiger partial charge is 0.133 e. The first kappa shape index (κ1) is 13.4. The fraction of sp³-hybridized carbons (Fsp3) is 0.429. The second kappa shape index (κ2) is 6.78. The molecule has 102 valence electrons. The molecule has 2 heterocycles. The number of nitrogens with one attached hydrogen (secondary N) is 1.